The van der Waals surface area contributed by atoms with E-state index in [1.807, 2.05) is 0 Å². The van der Waals surface area contributed by atoms with Gasteiger partial charge in [0.2, 0.25) is 0 Å². The van der Waals surface area contributed by atoms with Crippen LogP contribution in [0, 0.1) is 5.92 Å². The molecule has 1 atom stereocenters. The van der Waals surface area contributed by atoms with E-state index >= 15 is 0 Å². The Bertz CT molecular complexity index is 137. The van der Waals surface area contributed by atoms with Crippen LogP contribution in [0.3, 0.4) is 0 Å². The summed E-state index contributed by atoms with van der Waals surface area (Å²) in [5.74, 6) is 0.953. The molecule has 1 rings (SSSR count). The zero-order valence-corrected chi connectivity index (χ0v) is 9.10. The monoisotopic (exact) mass is 184 g/mol. The maximum atomic E-state index is 5.85. The van der Waals surface area contributed by atoms with Crippen LogP contribution in [0.2, 0.25) is 0 Å². The molecule has 0 aromatic heterocycles. The first-order valence-corrected chi connectivity index (χ1v) is 5.71. The molecule has 1 fully saturated rings. The highest BCUT2D eigenvalue weighted by Crippen LogP contribution is 2.29. The standard InChI is InChI=1S/C11H24N2/c1-3-7-11(4-2,9-12)13-8-10-5-6-10/h10,13H,3-9,12H2,1-2H3. The summed E-state index contributed by atoms with van der Waals surface area (Å²) in [5, 5.41) is 3.67. The lowest BCUT2D eigenvalue weighted by Crippen LogP contribution is -2.51. The predicted octanol–water partition coefficient (Wildman–Crippen LogP) is 1.89. The van der Waals surface area contributed by atoms with E-state index in [0.29, 0.717) is 0 Å². The second kappa shape index (κ2) is 4.97. The SMILES string of the molecule is CCCC(CC)(CN)NCC1CC1. The highest BCUT2D eigenvalue weighted by molar-refractivity contribution is 4.89. The van der Waals surface area contributed by atoms with Crippen molar-refractivity contribution in [2.75, 3.05) is 13.1 Å². The fraction of sp³-hybridized carbons (Fsp3) is 1.00. The molecule has 1 unspecified atom stereocenters. The maximum Gasteiger partial charge on any atom is 0.0301 e. The van der Waals surface area contributed by atoms with Crippen molar-refractivity contribution in [1.82, 2.24) is 5.32 Å². The van der Waals surface area contributed by atoms with Crippen LogP contribution in [-0.4, -0.2) is 18.6 Å². The molecule has 1 aliphatic rings. The summed E-state index contributed by atoms with van der Waals surface area (Å²) < 4.78 is 0. The van der Waals surface area contributed by atoms with E-state index in [9.17, 15) is 0 Å². The molecule has 0 amide bonds. The first kappa shape index (κ1) is 11.0. The Labute approximate surface area is 82.3 Å². The number of rotatable bonds is 7. The number of nitrogens with two attached hydrogens (primary N) is 1. The van der Waals surface area contributed by atoms with E-state index in [-0.39, 0.29) is 5.54 Å². The molecule has 0 radical (unpaired) electrons. The number of hydrogen-bond acceptors (Lipinski definition) is 2. The first-order chi connectivity index (χ1) is 6.26. The fourth-order valence-electron chi connectivity index (χ4n) is 1.87. The molecule has 0 aliphatic heterocycles. The molecule has 78 valence electrons. The van der Waals surface area contributed by atoms with E-state index in [2.05, 4.69) is 19.2 Å². The minimum Gasteiger partial charge on any atom is -0.329 e. The second-order valence-electron chi connectivity index (χ2n) is 4.41. The van der Waals surface area contributed by atoms with Gasteiger partial charge in [0.25, 0.3) is 0 Å². The Balaban J connectivity index is 2.32. The van der Waals surface area contributed by atoms with Crippen LogP contribution in [0.25, 0.3) is 0 Å². The average Bonchev–Trinajstić information content (AvgIpc) is 2.96. The smallest absolute Gasteiger partial charge is 0.0301 e. The zero-order chi connectivity index (χ0) is 9.73. The summed E-state index contributed by atoms with van der Waals surface area (Å²) in [5.41, 5.74) is 6.08. The summed E-state index contributed by atoms with van der Waals surface area (Å²) in [7, 11) is 0. The summed E-state index contributed by atoms with van der Waals surface area (Å²) in [6.45, 7) is 6.44. The Kier molecular flexibility index (Phi) is 4.20. The van der Waals surface area contributed by atoms with Crippen molar-refractivity contribution < 1.29 is 0 Å². The molecule has 13 heavy (non-hydrogen) atoms. The van der Waals surface area contributed by atoms with Gasteiger partial charge in [-0.05, 0) is 38.1 Å². The molecule has 1 saturated carbocycles. The molecule has 1 aliphatic carbocycles. The van der Waals surface area contributed by atoms with Gasteiger partial charge in [0.05, 0.1) is 0 Å². The Morgan fingerprint density at radius 1 is 1.38 bits per heavy atom. The topological polar surface area (TPSA) is 38.0 Å². The second-order valence-corrected chi connectivity index (χ2v) is 4.41. The quantitative estimate of drug-likeness (QED) is 0.634. The molecular weight excluding hydrogens is 160 g/mol. The summed E-state index contributed by atoms with van der Waals surface area (Å²) in [6, 6.07) is 0. The van der Waals surface area contributed by atoms with Crippen molar-refractivity contribution in [3.8, 4) is 0 Å². The highest BCUT2D eigenvalue weighted by atomic mass is 15.0. The number of hydrogen-bond donors (Lipinski definition) is 2. The lowest BCUT2D eigenvalue weighted by Gasteiger charge is -2.32. The van der Waals surface area contributed by atoms with Crippen molar-refractivity contribution in [3.63, 3.8) is 0 Å². The molecule has 0 spiro atoms. The largest absolute Gasteiger partial charge is 0.329 e. The molecule has 0 heterocycles. The normalized spacial score (nSPS) is 21.5. The van der Waals surface area contributed by atoms with Gasteiger partial charge < -0.3 is 11.1 Å². The lowest BCUT2D eigenvalue weighted by atomic mass is 9.90. The van der Waals surface area contributed by atoms with Crippen molar-refractivity contribution >= 4 is 0 Å². The van der Waals surface area contributed by atoms with Crippen LogP contribution in [-0.2, 0) is 0 Å². The van der Waals surface area contributed by atoms with Gasteiger partial charge in [0, 0.05) is 12.1 Å². The van der Waals surface area contributed by atoms with Gasteiger partial charge in [0.15, 0.2) is 0 Å². The predicted molar refractivity (Wildman–Crippen MR) is 57.7 cm³/mol. The molecule has 0 aromatic carbocycles. The van der Waals surface area contributed by atoms with Crippen LogP contribution in [0.5, 0.6) is 0 Å². The third kappa shape index (κ3) is 3.28. The first-order valence-electron chi connectivity index (χ1n) is 5.71. The van der Waals surface area contributed by atoms with Gasteiger partial charge in [-0.1, -0.05) is 20.3 Å². The van der Waals surface area contributed by atoms with Gasteiger partial charge in [-0.3, -0.25) is 0 Å². The molecule has 0 bridgehead atoms. The zero-order valence-electron chi connectivity index (χ0n) is 9.10. The minimum absolute atomic E-state index is 0.233. The van der Waals surface area contributed by atoms with Crippen LogP contribution in [0.4, 0.5) is 0 Å². The van der Waals surface area contributed by atoms with Crippen LogP contribution in [0.1, 0.15) is 46.0 Å². The van der Waals surface area contributed by atoms with E-state index in [1.54, 1.807) is 0 Å². The van der Waals surface area contributed by atoms with Crippen molar-refractivity contribution in [1.29, 1.82) is 0 Å². The van der Waals surface area contributed by atoms with E-state index in [4.69, 9.17) is 5.73 Å². The molecule has 2 heteroatoms. The highest BCUT2D eigenvalue weighted by Gasteiger charge is 2.28. The molecule has 3 N–H and O–H groups in total. The molecular formula is C11H24N2. The summed E-state index contributed by atoms with van der Waals surface area (Å²) in [4.78, 5) is 0. The third-order valence-electron chi connectivity index (χ3n) is 3.26. The third-order valence-corrected chi connectivity index (χ3v) is 3.26. The summed E-state index contributed by atoms with van der Waals surface area (Å²) in [6.07, 6.45) is 6.44. The van der Waals surface area contributed by atoms with Crippen LogP contribution >= 0.6 is 0 Å². The molecule has 0 aromatic rings. The van der Waals surface area contributed by atoms with Gasteiger partial charge in [-0.2, -0.15) is 0 Å². The fourth-order valence-corrected chi connectivity index (χ4v) is 1.87. The molecule has 2 nitrogen and oxygen atoms in total. The lowest BCUT2D eigenvalue weighted by molar-refractivity contribution is 0.292. The Morgan fingerprint density at radius 3 is 2.46 bits per heavy atom. The van der Waals surface area contributed by atoms with Gasteiger partial charge in [-0.15, -0.1) is 0 Å². The average molecular weight is 184 g/mol. The van der Waals surface area contributed by atoms with E-state index in [0.717, 1.165) is 18.9 Å². The van der Waals surface area contributed by atoms with Gasteiger partial charge >= 0.3 is 0 Å². The maximum absolute atomic E-state index is 5.85. The number of nitrogens with one attached hydrogen (secondary N) is 1. The van der Waals surface area contributed by atoms with Crippen molar-refractivity contribution in [2.24, 2.45) is 11.7 Å². The summed E-state index contributed by atoms with van der Waals surface area (Å²) >= 11 is 0. The molecule has 0 saturated heterocycles. The van der Waals surface area contributed by atoms with E-state index < -0.39 is 0 Å². The van der Waals surface area contributed by atoms with Crippen molar-refractivity contribution in [2.45, 2.75) is 51.5 Å². The van der Waals surface area contributed by atoms with E-state index in [1.165, 1.54) is 32.2 Å². The van der Waals surface area contributed by atoms with Crippen LogP contribution < -0.4 is 11.1 Å². The van der Waals surface area contributed by atoms with Crippen LogP contribution in [0.15, 0.2) is 0 Å². The van der Waals surface area contributed by atoms with Gasteiger partial charge in [-0.25, -0.2) is 0 Å². The van der Waals surface area contributed by atoms with Crippen molar-refractivity contribution in [3.05, 3.63) is 0 Å². The minimum atomic E-state index is 0.233. The Morgan fingerprint density at radius 2 is 2.08 bits per heavy atom. The van der Waals surface area contributed by atoms with Gasteiger partial charge in [0.1, 0.15) is 0 Å². The Hall–Kier alpha value is -0.0800.